The molecule has 0 aromatic heterocycles. The third-order valence-corrected chi connectivity index (χ3v) is 4.61. The summed E-state index contributed by atoms with van der Waals surface area (Å²) in [5.74, 6) is 0. The lowest BCUT2D eigenvalue weighted by molar-refractivity contribution is -0.0797. The van der Waals surface area contributed by atoms with Crippen molar-refractivity contribution in [3.63, 3.8) is 0 Å². The quantitative estimate of drug-likeness (QED) is 0.731. The van der Waals surface area contributed by atoms with E-state index in [1.54, 1.807) is 46.4 Å². The summed E-state index contributed by atoms with van der Waals surface area (Å²) in [5, 5.41) is 0. The SMILES string of the molecule is CSc1ccc([C@H]2OC(C)(C)N(C(=O)OC(C)(C)C)[C@@H]2CF)cc1. The van der Waals surface area contributed by atoms with Crippen LogP contribution in [0.3, 0.4) is 0 Å². The predicted molar refractivity (Wildman–Crippen MR) is 94.0 cm³/mol. The monoisotopic (exact) mass is 355 g/mol. The molecule has 1 aliphatic rings. The van der Waals surface area contributed by atoms with Crippen LogP contribution in [-0.4, -0.2) is 41.3 Å². The molecule has 2 rings (SSSR count). The van der Waals surface area contributed by atoms with E-state index in [1.807, 2.05) is 30.5 Å². The van der Waals surface area contributed by atoms with E-state index in [0.717, 1.165) is 10.5 Å². The van der Waals surface area contributed by atoms with Crippen LogP contribution in [0.4, 0.5) is 9.18 Å². The van der Waals surface area contributed by atoms with Gasteiger partial charge in [0.2, 0.25) is 0 Å². The highest BCUT2D eigenvalue weighted by molar-refractivity contribution is 7.98. The Labute approximate surface area is 147 Å². The number of carbonyl (C=O) groups is 1. The molecule has 1 aromatic rings. The lowest BCUT2D eigenvalue weighted by atomic mass is 10.0. The molecule has 0 saturated carbocycles. The summed E-state index contributed by atoms with van der Waals surface area (Å²) in [7, 11) is 0. The molecule has 2 atom stereocenters. The van der Waals surface area contributed by atoms with Crippen LogP contribution in [0.5, 0.6) is 0 Å². The maximum atomic E-state index is 13.8. The van der Waals surface area contributed by atoms with Crippen LogP contribution in [0.1, 0.15) is 46.3 Å². The van der Waals surface area contributed by atoms with E-state index in [-0.39, 0.29) is 0 Å². The Balaban J connectivity index is 2.30. The van der Waals surface area contributed by atoms with Gasteiger partial charge in [0.1, 0.15) is 24.1 Å². The van der Waals surface area contributed by atoms with E-state index in [9.17, 15) is 9.18 Å². The van der Waals surface area contributed by atoms with E-state index in [4.69, 9.17) is 9.47 Å². The largest absolute Gasteiger partial charge is 0.444 e. The van der Waals surface area contributed by atoms with Crippen molar-refractivity contribution in [1.82, 2.24) is 4.90 Å². The van der Waals surface area contributed by atoms with Gasteiger partial charge in [-0.15, -0.1) is 11.8 Å². The molecule has 1 aromatic carbocycles. The molecule has 1 saturated heterocycles. The number of benzene rings is 1. The van der Waals surface area contributed by atoms with E-state index in [1.165, 1.54) is 4.90 Å². The van der Waals surface area contributed by atoms with Crippen LogP contribution >= 0.6 is 11.8 Å². The highest BCUT2D eigenvalue weighted by Crippen LogP contribution is 2.42. The molecule has 6 heteroatoms. The highest BCUT2D eigenvalue weighted by Gasteiger charge is 2.51. The molecule has 0 aliphatic carbocycles. The first kappa shape index (κ1) is 19.1. The number of hydrogen-bond donors (Lipinski definition) is 0. The minimum Gasteiger partial charge on any atom is -0.444 e. The summed E-state index contributed by atoms with van der Waals surface area (Å²) >= 11 is 1.64. The van der Waals surface area contributed by atoms with Crippen LogP contribution in [0, 0.1) is 0 Å². The number of nitrogens with zero attached hydrogens (tertiary/aromatic N) is 1. The van der Waals surface area contributed by atoms with Gasteiger partial charge in [0.15, 0.2) is 0 Å². The minimum absolute atomic E-state index is 0.520. The minimum atomic E-state index is -0.943. The molecule has 134 valence electrons. The first-order valence-electron chi connectivity index (χ1n) is 7.99. The first-order chi connectivity index (χ1) is 11.1. The number of halogens is 1. The van der Waals surface area contributed by atoms with Crippen molar-refractivity contribution in [2.45, 2.75) is 63.0 Å². The number of alkyl halides is 1. The Kier molecular flexibility index (Phi) is 5.50. The Morgan fingerprint density at radius 1 is 1.33 bits per heavy atom. The average molecular weight is 355 g/mol. The first-order valence-corrected chi connectivity index (χ1v) is 9.21. The van der Waals surface area contributed by atoms with Crippen molar-refractivity contribution in [3.8, 4) is 0 Å². The normalized spacial score (nSPS) is 23.4. The van der Waals surface area contributed by atoms with Gasteiger partial charge in [0.05, 0.1) is 6.04 Å². The van der Waals surface area contributed by atoms with Crippen LogP contribution in [0.2, 0.25) is 0 Å². The standard InChI is InChI=1S/C18H26FNO3S/c1-17(2,3)23-16(21)20-14(11-19)15(22-18(20,4)5)12-7-9-13(24-6)10-8-12/h7-10,14-15H,11H2,1-6H3/t14-,15-/m1/s1. The predicted octanol–water partition coefficient (Wildman–Crippen LogP) is 4.79. The highest BCUT2D eigenvalue weighted by atomic mass is 32.2. The Bertz CT molecular complexity index is 583. The Morgan fingerprint density at radius 3 is 2.38 bits per heavy atom. The molecule has 0 spiro atoms. The number of rotatable bonds is 3. The van der Waals surface area contributed by atoms with E-state index >= 15 is 0 Å². The van der Waals surface area contributed by atoms with Gasteiger partial charge in [-0.05, 0) is 58.6 Å². The van der Waals surface area contributed by atoms with E-state index < -0.39 is 36.2 Å². The summed E-state index contributed by atoms with van der Waals surface area (Å²) in [6, 6.07) is 7.08. The molecule has 1 fully saturated rings. The summed E-state index contributed by atoms with van der Waals surface area (Å²) in [6.07, 6.45) is 0.922. The summed E-state index contributed by atoms with van der Waals surface area (Å²) in [6.45, 7) is 8.19. The lowest BCUT2D eigenvalue weighted by Gasteiger charge is -2.34. The van der Waals surface area contributed by atoms with E-state index in [2.05, 4.69) is 0 Å². The van der Waals surface area contributed by atoms with Gasteiger partial charge >= 0.3 is 6.09 Å². The molecule has 0 N–H and O–H groups in total. The number of hydrogen-bond acceptors (Lipinski definition) is 4. The van der Waals surface area contributed by atoms with Gasteiger partial charge in [-0.2, -0.15) is 0 Å². The smallest absolute Gasteiger partial charge is 0.413 e. The Hall–Kier alpha value is -1.27. The third kappa shape index (κ3) is 4.03. The van der Waals surface area contributed by atoms with Gasteiger partial charge in [-0.3, -0.25) is 4.90 Å². The fourth-order valence-corrected chi connectivity index (χ4v) is 3.29. The molecular formula is C18H26FNO3S. The second kappa shape index (κ2) is 6.92. The number of amides is 1. The average Bonchev–Trinajstić information content (AvgIpc) is 2.76. The Morgan fingerprint density at radius 2 is 1.92 bits per heavy atom. The van der Waals surface area contributed by atoms with Crippen LogP contribution in [-0.2, 0) is 9.47 Å². The van der Waals surface area contributed by atoms with Gasteiger partial charge < -0.3 is 9.47 Å². The maximum absolute atomic E-state index is 13.8. The van der Waals surface area contributed by atoms with Crippen LogP contribution in [0.15, 0.2) is 29.2 Å². The number of carbonyl (C=O) groups excluding carboxylic acids is 1. The summed E-state index contributed by atoms with van der Waals surface area (Å²) in [4.78, 5) is 15.1. The van der Waals surface area contributed by atoms with Crippen molar-refractivity contribution >= 4 is 17.9 Å². The topological polar surface area (TPSA) is 38.8 Å². The molecule has 1 aliphatic heterocycles. The fraction of sp³-hybridized carbons (Fsp3) is 0.611. The van der Waals surface area contributed by atoms with Crippen molar-refractivity contribution < 1.29 is 18.7 Å². The number of ether oxygens (including phenoxy) is 2. The number of thioether (sulfide) groups is 1. The van der Waals surface area contributed by atoms with Crippen LogP contribution in [0.25, 0.3) is 0 Å². The molecule has 4 nitrogen and oxygen atoms in total. The van der Waals surface area contributed by atoms with Crippen molar-refractivity contribution in [1.29, 1.82) is 0 Å². The van der Waals surface area contributed by atoms with Gasteiger partial charge in [0.25, 0.3) is 0 Å². The molecule has 1 heterocycles. The zero-order valence-corrected chi connectivity index (χ0v) is 15.9. The molecule has 24 heavy (non-hydrogen) atoms. The van der Waals surface area contributed by atoms with Crippen LogP contribution < -0.4 is 0 Å². The van der Waals surface area contributed by atoms with Crippen molar-refractivity contribution in [3.05, 3.63) is 29.8 Å². The molecule has 0 radical (unpaired) electrons. The van der Waals surface area contributed by atoms with E-state index in [0.29, 0.717) is 0 Å². The van der Waals surface area contributed by atoms with Gasteiger partial charge in [0, 0.05) is 4.90 Å². The second-order valence-electron chi connectivity index (χ2n) is 7.33. The zero-order chi connectivity index (χ0) is 18.1. The second-order valence-corrected chi connectivity index (χ2v) is 8.21. The maximum Gasteiger partial charge on any atom is 0.413 e. The lowest BCUT2D eigenvalue weighted by Crippen LogP contribution is -2.50. The summed E-state index contributed by atoms with van der Waals surface area (Å²) < 4.78 is 25.3. The molecule has 1 amide bonds. The van der Waals surface area contributed by atoms with Crippen molar-refractivity contribution in [2.24, 2.45) is 0 Å². The molecule has 0 unspecified atom stereocenters. The van der Waals surface area contributed by atoms with Gasteiger partial charge in [-0.1, -0.05) is 12.1 Å². The fourth-order valence-electron chi connectivity index (χ4n) is 2.88. The van der Waals surface area contributed by atoms with Crippen molar-refractivity contribution in [2.75, 3.05) is 12.9 Å². The molecular weight excluding hydrogens is 329 g/mol. The third-order valence-electron chi connectivity index (χ3n) is 3.87. The molecule has 0 bridgehead atoms. The zero-order valence-electron chi connectivity index (χ0n) is 15.1. The summed E-state index contributed by atoms with van der Waals surface area (Å²) in [5.41, 5.74) is -0.733. The van der Waals surface area contributed by atoms with Gasteiger partial charge in [-0.25, -0.2) is 9.18 Å².